The fourth-order valence-corrected chi connectivity index (χ4v) is 3.64. The van der Waals surface area contributed by atoms with Crippen molar-refractivity contribution >= 4 is 29.6 Å². The number of anilines is 2. The molecule has 2 aliphatic heterocycles. The highest BCUT2D eigenvalue weighted by Crippen LogP contribution is 2.30. The summed E-state index contributed by atoms with van der Waals surface area (Å²) in [7, 11) is 2.11. The van der Waals surface area contributed by atoms with Crippen LogP contribution in [0, 0.1) is 12.3 Å². The smallest absolute Gasteiger partial charge is 0.105 e. The number of hydrogen-bond acceptors (Lipinski definition) is 7. The minimum Gasteiger partial charge on any atom is -0.357 e. The third kappa shape index (κ3) is 4.36. The number of likely N-dealkylation sites (N-methyl/N-ethyl adjacent to an activating group) is 1. The van der Waals surface area contributed by atoms with Crippen molar-refractivity contribution in [2.75, 3.05) is 37.1 Å². The van der Waals surface area contributed by atoms with Gasteiger partial charge in [-0.15, -0.1) is 0 Å². The van der Waals surface area contributed by atoms with E-state index in [0.717, 1.165) is 49.1 Å². The fourth-order valence-electron chi connectivity index (χ4n) is 3.64. The van der Waals surface area contributed by atoms with Crippen molar-refractivity contribution < 1.29 is 0 Å². The zero-order valence-corrected chi connectivity index (χ0v) is 16.6. The van der Waals surface area contributed by atoms with Crippen LogP contribution >= 0.6 is 0 Å². The molecule has 1 fully saturated rings. The zero-order chi connectivity index (χ0) is 19.4. The van der Waals surface area contributed by atoms with E-state index in [0.29, 0.717) is 0 Å². The van der Waals surface area contributed by atoms with Gasteiger partial charge in [0.2, 0.25) is 0 Å². The Labute approximate surface area is 161 Å². The van der Waals surface area contributed by atoms with Gasteiger partial charge in [0.25, 0.3) is 0 Å². The van der Waals surface area contributed by atoms with Crippen LogP contribution in [0.5, 0.6) is 0 Å². The fraction of sp³-hybridized carbons (Fsp3) is 0.450. The van der Waals surface area contributed by atoms with Gasteiger partial charge in [0.1, 0.15) is 12.0 Å². The number of aliphatic imine (C=N–C) groups is 1. The van der Waals surface area contributed by atoms with Gasteiger partial charge in [-0.05, 0) is 51.0 Å². The summed E-state index contributed by atoms with van der Waals surface area (Å²) in [5.41, 5.74) is 7.44. The van der Waals surface area contributed by atoms with Gasteiger partial charge in [-0.3, -0.25) is 10.3 Å². The van der Waals surface area contributed by atoms with Gasteiger partial charge in [0, 0.05) is 32.0 Å². The van der Waals surface area contributed by atoms with Crippen LogP contribution in [0.4, 0.5) is 11.4 Å². The molecule has 1 aromatic carbocycles. The van der Waals surface area contributed by atoms with Gasteiger partial charge in [-0.1, -0.05) is 6.07 Å². The van der Waals surface area contributed by atoms with Crippen molar-refractivity contribution in [1.82, 2.24) is 9.80 Å². The van der Waals surface area contributed by atoms with Crippen molar-refractivity contribution in [3.8, 4) is 0 Å². The SMILES string of the molecule is CC1=CC(N2CCCN(c3ccc(C)cc3N/N=C\C=N)C2)N(C)C(C)=N1. The molecule has 1 aromatic rings. The molecule has 0 saturated carbocycles. The number of hydrazone groups is 1. The molecule has 3 rings (SSSR count). The molecule has 0 bridgehead atoms. The maximum absolute atomic E-state index is 7.10. The summed E-state index contributed by atoms with van der Waals surface area (Å²) in [6, 6.07) is 6.38. The lowest BCUT2D eigenvalue weighted by atomic mass is 10.1. The van der Waals surface area contributed by atoms with Gasteiger partial charge in [-0.2, -0.15) is 5.10 Å². The molecular weight excluding hydrogens is 338 g/mol. The Bertz CT molecular complexity index is 781. The van der Waals surface area contributed by atoms with Gasteiger partial charge in [0.15, 0.2) is 0 Å². The van der Waals surface area contributed by atoms with E-state index >= 15 is 0 Å². The second-order valence-electron chi connectivity index (χ2n) is 7.14. The van der Waals surface area contributed by atoms with E-state index in [-0.39, 0.29) is 6.17 Å². The summed E-state index contributed by atoms with van der Waals surface area (Å²) >= 11 is 0. The summed E-state index contributed by atoms with van der Waals surface area (Å²) < 4.78 is 0. The molecule has 7 heteroatoms. The predicted molar refractivity (Wildman–Crippen MR) is 114 cm³/mol. The van der Waals surface area contributed by atoms with Crippen LogP contribution in [-0.2, 0) is 0 Å². The van der Waals surface area contributed by atoms with E-state index in [1.165, 1.54) is 18.0 Å². The van der Waals surface area contributed by atoms with Crippen LogP contribution in [0.25, 0.3) is 0 Å². The van der Waals surface area contributed by atoms with E-state index < -0.39 is 0 Å². The summed E-state index contributed by atoms with van der Waals surface area (Å²) in [6.45, 7) is 9.11. The third-order valence-corrected chi connectivity index (χ3v) is 5.06. The number of rotatable bonds is 5. The van der Waals surface area contributed by atoms with Gasteiger partial charge in [0.05, 0.1) is 24.3 Å². The summed E-state index contributed by atoms with van der Waals surface area (Å²) in [4.78, 5) is 11.7. The highest BCUT2D eigenvalue weighted by molar-refractivity contribution is 6.14. The van der Waals surface area contributed by atoms with E-state index in [1.807, 2.05) is 0 Å². The average Bonchev–Trinajstić information content (AvgIpc) is 2.65. The molecular formula is C20H29N7. The molecule has 27 heavy (non-hydrogen) atoms. The topological polar surface area (TPSA) is 70.3 Å². The first kappa shape index (κ1) is 19.1. The lowest BCUT2D eigenvalue weighted by molar-refractivity contribution is 0.123. The normalized spacial score (nSPS) is 21.3. The molecule has 0 spiro atoms. The van der Waals surface area contributed by atoms with E-state index in [2.05, 4.69) is 82.3 Å². The molecule has 2 aliphatic rings. The lowest BCUT2D eigenvalue weighted by Gasteiger charge is -2.45. The lowest BCUT2D eigenvalue weighted by Crippen LogP contribution is -2.55. The molecule has 1 atom stereocenters. The first-order valence-electron chi connectivity index (χ1n) is 9.34. The van der Waals surface area contributed by atoms with Crippen LogP contribution in [0.3, 0.4) is 0 Å². The van der Waals surface area contributed by atoms with E-state index in [9.17, 15) is 0 Å². The van der Waals surface area contributed by atoms with Gasteiger partial charge < -0.3 is 15.2 Å². The molecule has 0 amide bonds. The third-order valence-electron chi connectivity index (χ3n) is 5.06. The van der Waals surface area contributed by atoms with Crippen molar-refractivity contribution in [3.05, 3.63) is 35.5 Å². The number of nitrogens with one attached hydrogen (secondary N) is 2. The van der Waals surface area contributed by atoms with Crippen LogP contribution in [0.15, 0.2) is 40.1 Å². The molecule has 0 aromatic heterocycles. The van der Waals surface area contributed by atoms with Crippen molar-refractivity contribution in [2.45, 2.75) is 33.4 Å². The van der Waals surface area contributed by atoms with Crippen LogP contribution < -0.4 is 10.3 Å². The maximum atomic E-state index is 7.10. The largest absolute Gasteiger partial charge is 0.357 e. The Morgan fingerprint density at radius 3 is 2.85 bits per heavy atom. The second kappa shape index (κ2) is 8.35. The molecule has 7 nitrogen and oxygen atoms in total. The number of allylic oxidation sites excluding steroid dienone is 1. The predicted octanol–water partition coefficient (Wildman–Crippen LogP) is 3.11. The minimum atomic E-state index is 0.225. The molecule has 2 heterocycles. The Morgan fingerprint density at radius 1 is 1.26 bits per heavy atom. The summed E-state index contributed by atoms with van der Waals surface area (Å²) in [5, 5.41) is 11.2. The number of amidine groups is 1. The Morgan fingerprint density at radius 2 is 2.07 bits per heavy atom. The van der Waals surface area contributed by atoms with E-state index in [4.69, 9.17) is 5.41 Å². The van der Waals surface area contributed by atoms with Crippen molar-refractivity contribution in [3.63, 3.8) is 0 Å². The van der Waals surface area contributed by atoms with Crippen molar-refractivity contribution in [2.24, 2.45) is 10.1 Å². The highest BCUT2D eigenvalue weighted by Gasteiger charge is 2.29. The van der Waals surface area contributed by atoms with Crippen LogP contribution in [0.1, 0.15) is 25.8 Å². The first-order valence-corrected chi connectivity index (χ1v) is 9.34. The highest BCUT2D eigenvalue weighted by atomic mass is 15.4. The molecule has 0 aliphatic carbocycles. The Balaban J connectivity index is 1.81. The Hall–Kier alpha value is -2.67. The van der Waals surface area contributed by atoms with Gasteiger partial charge >= 0.3 is 0 Å². The molecule has 1 unspecified atom stereocenters. The summed E-state index contributed by atoms with van der Waals surface area (Å²) in [6.07, 6.45) is 6.18. The minimum absolute atomic E-state index is 0.225. The molecule has 0 radical (unpaired) electrons. The number of benzene rings is 1. The number of aryl methyl sites for hydroxylation is 1. The molecule has 144 valence electrons. The quantitative estimate of drug-likeness (QED) is 0.620. The molecule has 1 saturated heterocycles. The standard InChI is InChI=1S/C20H29N7/c1-15-6-7-19(18(12-15)24-22-9-8-21)26-10-5-11-27(14-26)20-13-16(2)23-17(3)25(20)4/h6-9,12-13,20-21,24H,5,10-11,14H2,1-4H3/b21-8?,22-9-. The second-order valence-corrected chi connectivity index (χ2v) is 7.14. The monoisotopic (exact) mass is 367 g/mol. The summed E-state index contributed by atoms with van der Waals surface area (Å²) in [5.74, 6) is 1.05. The maximum Gasteiger partial charge on any atom is 0.105 e. The van der Waals surface area contributed by atoms with Crippen LogP contribution in [-0.4, -0.2) is 61.0 Å². The first-order chi connectivity index (χ1) is 13.0. The van der Waals surface area contributed by atoms with Crippen molar-refractivity contribution in [1.29, 1.82) is 5.41 Å². The molecule has 2 N–H and O–H groups in total. The average molecular weight is 368 g/mol. The number of hydrogen-bond donors (Lipinski definition) is 2. The van der Waals surface area contributed by atoms with Gasteiger partial charge in [-0.25, -0.2) is 4.99 Å². The zero-order valence-electron chi connectivity index (χ0n) is 16.6. The van der Waals surface area contributed by atoms with Crippen LogP contribution in [0.2, 0.25) is 0 Å². The van der Waals surface area contributed by atoms with E-state index in [1.54, 1.807) is 0 Å². The Kier molecular flexibility index (Phi) is 5.91. The number of nitrogens with zero attached hydrogens (tertiary/aromatic N) is 5.